The summed E-state index contributed by atoms with van der Waals surface area (Å²) in [6, 6.07) is 9.00. The van der Waals surface area contributed by atoms with Gasteiger partial charge < -0.3 is 20.2 Å². The lowest BCUT2D eigenvalue weighted by Crippen LogP contribution is -2.10. The highest BCUT2D eigenvalue weighted by Crippen LogP contribution is 2.34. The number of ether oxygens (including phenoxy) is 2. The third-order valence-electron chi connectivity index (χ3n) is 4.37. The summed E-state index contributed by atoms with van der Waals surface area (Å²) < 4.78 is 10.9. The van der Waals surface area contributed by atoms with Crippen molar-refractivity contribution in [1.29, 1.82) is 0 Å². The lowest BCUT2D eigenvalue weighted by molar-refractivity contribution is 0.0729. The molecule has 0 saturated carbocycles. The molecule has 0 saturated heterocycles. The Labute approximate surface area is 161 Å². The second-order valence-corrected chi connectivity index (χ2v) is 6.37. The molecule has 7 nitrogen and oxygen atoms in total. The van der Waals surface area contributed by atoms with Crippen LogP contribution in [0.3, 0.4) is 0 Å². The van der Waals surface area contributed by atoms with Gasteiger partial charge in [-0.05, 0) is 42.3 Å². The van der Waals surface area contributed by atoms with Crippen molar-refractivity contribution in [2.75, 3.05) is 12.8 Å². The number of anilines is 1. The van der Waals surface area contributed by atoms with Crippen LogP contribution in [0.5, 0.6) is 11.5 Å². The maximum absolute atomic E-state index is 12.4. The molecule has 140 valence electrons. The van der Waals surface area contributed by atoms with Crippen molar-refractivity contribution < 1.29 is 14.3 Å². The van der Waals surface area contributed by atoms with Gasteiger partial charge in [0.1, 0.15) is 5.65 Å². The fourth-order valence-electron chi connectivity index (χ4n) is 2.94. The number of rotatable bonds is 4. The van der Waals surface area contributed by atoms with Gasteiger partial charge in [-0.25, -0.2) is 9.78 Å². The normalized spacial score (nSPS) is 10.8. The number of esters is 1. The summed E-state index contributed by atoms with van der Waals surface area (Å²) in [6.45, 7) is 1.86. The number of nitrogens with zero attached hydrogens (tertiary/aromatic N) is 2. The molecular formula is C21H18N4O3. The van der Waals surface area contributed by atoms with Crippen molar-refractivity contribution >= 4 is 22.7 Å². The number of nitrogens with two attached hydrogens (primary N) is 1. The van der Waals surface area contributed by atoms with Crippen LogP contribution in [0.15, 0.2) is 55.1 Å². The fourth-order valence-corrected chi connectivity index (χ4v) is 2.94. The van der Waals surface area contributed by atoms with E-state index < -0.39 is 5.97 Å². The number of aromatic amines is 1. The quantitative estimate of drug-likeness (QED) is 0.417. The van der Waals surface area contributed by atoms with Crippen molar-refractivity contribution in [1.82, 2.24) is 15.0 Å². The molecule has 0 bridgehead atoms. The predicted molar refractivity (Wildman–Crippen MR) is 106 cm³/mol. The van der Waals surface area contributed by atoms with Crippen LogP contribution in [0.25, 0.3) is 22.2 Å². The minimum Gasteiger partial charge on any atom is -0.493 e. The maximum Gasteiger partial charge on any atom is 0.345 e. The average Bonchev–Trinajstić information content (AvgIpc) is 3.08. The lowest BCUT2D eigenvalue weighted by Gasteiger charge is -2.11. The van der Waals surface area contributed by atoms with E-state index in [1.165, 1.54) is 13.3 Å². The van der Waals surface area contributed by atoms with E-state index in [1.54, 1.807) is 36.8 Å². The Morgan fingerprint density at radius 2 is 1.93 bits per heavy atom. The van der Waals surface area contributed by atoms with E-state index in [4.69, 9.17) is 15.2 Å². The van der Waals surface area contributed by atoms with Crippen LogP contribution in [-0.4, -0.2) is 28.0 Å². The Balaban J connectivity index is 1.65. The first-order valence-corrected chi connectivity index (χ1v) is 8.60. The highest BCUT2D eigenvalue weighted by Gasteiger charge is 2.14. The third kappa shape index (κ3) is 3.25. The molecule has 0 atom stereocenters. The van der Waals surface area contributed by atoms with Crippen LogP contribution in [0.2, 0.25) is 0 Å². The first kappa shape index (κ1) is 17.5. The van der Waals surface area contributed by atoms with Crippen molar-refractivity contribution in [3.05, 3.63) is 66.2 Å². The lowest BCUT2D eigenvalue weighted by atomic mass is 10.1. The van der Waals surface area contributed by atoms with Gasteiger partial charge in [0.2, 0.25) is 0 Å². The number of pyridine rings is 2. The van der Waals surface area contributed by atoms with E-state index in [-0.39, 0.29) is 0 Å². The molecule has 0 aliphatic rings. The van der Waals surface area contributed by atoms with Gasteiger partial charge in [-0.2, -0.15) is 0 Å². The fraction of sp³-hybridized carbons (Fsp3) is 0.0952. The Morgan fingerprint density at radius 3 is 2.71 bits per heavy atom. The predicted octanol–water partition coefficient (Wildman–Crippen LogP) is 3.74. The van der Waals surface area contributed by atoms with Crippen molar-refractivity contribution in [3.8, 4) is 22.6 Å². The molecule has 0 radical (unpaired) electrons. The van der Waals surface area contributed by atoms with Gasteiger partial charge >= 0.3 is 5.97 Å². The zero-order valence-corrected chi connectivity index (χ0v) is 15.4. The number of nitrogens with one attached hydrogen (secondary N) is 1. The molecule has 0 spiro atoms. The van der Waals surface area contributed by atoms with Gasteiger partial charge in [-0.1, -0.05) is 6.07 Å². The van der Waals surface area contributed by atoms with E-state index in [0.717, 1.165) is 27.7 Å². The number of carbonyl (C=O) groups is 1. The Kier molecular flexibility index (Phi) is 4.41. The van der Waals surface area contributed by atoms with E-state index >= 15 is 0 Å². The Bertz CT molecular complexity index is 1180. The van der Waals surface area contributed by atoms with Crippen molar-refractivity contribution in [3.63, 3.8) is 0 Å². The number of aromatic nitrogens is 3. The molecule has 0 aliphatic heterocycles. The van der Waals surface area contributed by atoms with Gasteiger partial charge in [0.05, 0.1) is 18.4 Å². The number of benzene rings is 1. The molecule has 28 heavy (non-hydrogen) atoms. The van der Waals surface area contributed by atoms with Crippen LogP contribution in [0.4, 0.5) is 5.69 Å². The summed E-state index contributed by atoms with van der Waals surface area (Å²) in [5.74, 6) is 0.270. The van der Waals surface area contributed by atoms with E-state index in [1.807, 2.05) is 19.1 Å². The second kappa shape index (κ2) is 7.03. The summed E-state index contributed by atoms with van der Waals surface area (Å²) in [5, 5.41) is 0.846. The number of carbonyl (C=O) groups excluding carboxylic acids is 1. The van der Waals surface area contributed by atoms with Crippen LogP contribution >= 0.6 is 0 Å². The van der Waals surface area contributed by atoms with Crippen molar-refractivity contribution in [2.45, 2.75) is 6.92 Å². The molecule has 1 aromatic carbocycles. The first-order chi connectivity index (χ1) is 13.5. The highest BCUT2D eigenvalue weighted by atomic mass is 16.6. The van der Waals surface area contributed by atoms with Crippen molar-refractivity contribution in [2.24, 2.45) is 0 Å². The Morgan fingerprint density at radius 1 is 1.07 bits per heavy atom. The van der Waals surface area contributed by atoms with E-state index in [0.29, 0.717) is 22.7 Å². The second-order valence-electron chi connectivity index (χ2n) is 6.37. The van der Waals surface area contributed by atoms with Crippen LogP contribution in [-0.2, 0) is 0 Å². The summed E-state index contributed by atoms with van der Waals surface area (Å²) >= 11 is 0. The van der Waals surface area contributed by atoms with E-state index in [2.05, 4.69) is 15.0 Å². The topological polar surface area (TPSA) is 103 Å². The molecule has 0 aliphatic carbocycles. The number of nitrogen functional groups attached to an aromatic ring is 1. The van der Waals surface area contributed by atoms with E-state index in [9.17, 15) is 4.79 Å². The smallest absolute Gasteiger partial charge is 0.345 e. The minimum absolute atomic E-state index is 0.327. The third-order valence-corrected chi connectivity index (χ3v) is 4.37. The zero-order valence-electron chi connectivity index (χ0n) is 15.4. The highest BCUT2D eigenvalue weighted by molar-refractivity contribution is 5.92. The number of methoxy groups -OCH3 is 1. The monoisotopic (exact) mass is 374 g/mol. The summed E-state index contributed by atoms with van der Waals surface area (Å²) in [4.78, 5) is 23.8. The number of aryl methyl sites for hydroxylation is 1. The SMILES string of the molecule is COc1cc(-c2cnc3[nH]cc(N)c3c2)ccc1OC(=O)c1cncc(C)c1. The summed E-state index contributed by atoms with van der Waals surface area (Å²) in [5.41, 5.74) is 10.3. The van der Waals surface area contributed by atoms with Gasteiger partial charge in [-0.3, -0.25) is 4.98 Å². The van der Waals surface area contributed by atoms with Gasteiger partial charge in [0.15, 0.2) is 11.5 Å². The molecule has 0 fully saturated rings. The first-order valence-electron chi connectivity index (χ1n) is 8.60. The molecule has 4 rings (SSSR count). The zero-order chi connectivity index (χ0) is 19.7. The minimum atomic E-state index is -0.495. The van der Waals surface area contributed by atoms with Crippen LogP contribution in [0, 0.1) is 6.92 Å². The largest absolute Gasteiger partial charge is 0.493 e. The number of H-pyrrole nitrogens is 1. The van der Waals surface area contributed by atoms with Gasteiger partial charge in [-0.15, -0.1) is 0 Å². The molecular weight excluding hydrogens is 356 g/mol. The van der Waals surface area contributed by atoms with Crippen LogP contribution < -0.4 is 15.2 Å². The number of fused-ring (bicyclic) bond motifs is 1. The molecule has 3 aromatic heterocycles. The average molecular weight is 374 g/mol. The summed E-state index contributed by atoms with van der Waals surface area (Å²) in [7, 11) is 1.52. The molecule has 3 heterocycles. The molecule has 0 unspecified atom stereocenters. The molecule has 4 aromatic rings. The maximum atomic E-state index is 12.4. The standard InChI is InChI=1S/C21H18N4O3/c1-12-5-15(9-23-8-12)21(26)28-18-4-3-13(7-19(18)27-2)14-6-16-17(22)11-25-20(16)24-10-14/h3-11H,22H2,1-2H3,(H,24,25). The molecule has 0 amide bonds. The number of hydrogen-bond donors (Lipinski definition) is 2. The van der Waals surface area contributed by atoms with Gasteiger partial charge in [0, 0.05) is 35.7 Å². The Hall–Kier alpha value is -3.87. The molecule has 7 heteroatoms. The van der Waals surface area contributed by atoms with Gasteiger partial charge in [0.25, 0.3) is 0 Å². The summed E-state index contributed by atoms with van der Waals surface area (Å²) in [6.07, 6.45) is 6.61. The number of hydrogen-bond acceptors (Lipinski definition) is 6. The van der Waals surface area contributed by atoms with Crippen LogP contribution in [0.1, 0.15) is 15.9 Å². The molecule has 3 N–H and O–H groups in total.